The lowest BCUT2D eigenvalue weighted by Gasteiger charge is -2.34. The molecule has 0 N–H and O–H groups in total. The minimum atomic E-state index is 0.0288. The highest BCUT2D eigenvalue weighted by atomic mass is 16.1. The largest absolute Gasteiger partial charge is 0.354 e. The summed E-state index contributed by atoms with van der Waals surface area (Å²) in [5.74, 6) is 0.895. The van der Waals surface area contributed by atoms with E-state index < -0.39 is 0 Å². The van der Waals surface area contributed by atoms with Gasteiger partial charge in [-0.25, -0.2) is 9.97 Å². The number of carbonyl (C=O) groups excluding carboxylic acids is 1. The van der Waals surface area contributed by atoms with E-state index in [-0.39, 0.29) is 12.2 Å². The van der Waals surface area contributed by atoms with E-state index in [1.54, 1.807) is 29.3 Å². The molecule has 0 atom stereocenters. The van der Waals surface area contributed by atoms with Crippen molar-refractivity contribution >= 4 is 22.5 Å². The van der Waals surface area contributed by atoms with Gasteiger partial charge in [0.2, 0.25) is 0 Å². The predicted octanol–water partition coefficient (Wildman–Crippen LogP) is 2.99. The molecule has 0 amide bonds. The summed E-state index contributed by atoms with van der Waals surface area (Å²) < 4.78 is 1.75. The Labute approximate surface area is 192 Å². The predicted molar refractivity (Wildman–Crippen MR) is 128 cm³/mol. The van der Waals surface area contributed by atoms with Crippen molar-refractivity contribution in [3.8, 4) is 11.3 Å². The molecule has 5 rings (SSSR count). The number of piperazine rings is 1. The molecule has 0 aliphatic carbocycles. The first kappa shape index (κ1) is 21.2. The van der Waals surface area contributed by atoms with Gasteiger partial charge in [0.1, 0.15) is 5.82 Å². The molecule has 4 aromatic heterocycles. The minimum Gasteiger partial charge on any atom is -0.354 e. The molecule has 8 heteroatoms. The highest BCUT2D eigenvalue weighted by Crippen LogP contribution is 2.21. The summed E-state index contributed by atoms with van der Waals surface area (Å²) in [4.78, 5) is 31.5. The quantitative estimate of drug-likeness (QED) is 0.426. The first-order valence-corrected chi connectivity index (χ1v) is 11.3. The van der Waals surface area contributed by atoms with Gasteiger partial charge in [-0.2, -0.15) is 5.10 Å². The Morgan fingerprint density at radius 2 is 1.88 bits per heavy atom. The van der Waals surface area contributed by atoms with E-state index in [0.29, 0.717) is 11.3 Å². The van der Waals surface area contributed by atoms with Gasteiger partial charge in [0.05, 0.1) is 29.5 Å². The van der Waals surface area contributed by atoms with Crippen LogP contribution in [0.1, 0.15) is 23.0 Å². The lowest BCUT2D eigenvalue weighted by Crippen LogP contribution is -2.46. The number of pyridine rings is 3. The summed E-state index contributed by atoms with van der Waals surface area (Å²) in [6.45, 7) is 7.14. The first-order chi connectivity index (χ1) is 16.1. The van der Waals surface area contributed by atoms with Gasteiger partial charge >= 0.3 is 0 Å². The number of rotatable bonds is 6. The van der Waals surface area contributed by atoms with Gasteiger partial charge in [0, 0.05) is 68.3 Å². The molecular weight excluding hydrogens is 414 g/mol. The number of aryl methyl sites for hydroxylation is 1. The molecular formula is C25H27N7O. The molecule has 1 saturated heterocycles. The van der Waals surface area contributed by atoms with Crippen LogP contribution in [0.4, 0.5) is 5.82 Å². The summed E-state index contributed by atoms with van der Waals surface area (Å²) in [5, 5.41) is 5.16. The second kappa shape index (κ2) is 9.07. The zero-order valence-electron chi connectivity index (χ0n) is 19.0. The first-order valence-electron chi connectivity index (χ1n) is 11.3. The zero-order chi connectivity index (χ0) is 22.8. The van der Waals surface area contributed by atoms with Crippen LogP contribution in [-0.2, 0) is 13.5 Å². The van der Waals surface area contributed by atoms with Crippen LogP contribution in [0.2, 0.25) is 0 Å². The third kappa shape index (κ3) is 4.61. The number of aromatic nitrogens is 5. The van der Waals surface area contributed by atoms with E-state index >= 15 is 0 Å². The van der Waals surface area contributed by atoms with Gasteiger partial charge in [0.15, 0.2) is 5.78 Å². The van der Waals surface area contributed by atoms with Crippen molar-refractivity contribution in [3.63, 3.8) is 0 Å². The molecule has 0 radical (unpaired) electrons. The third-order valence-corrected chi connectivity index (χ3v) is 6.18. The Bertz CT molecular complexity index is 1290. The monoisotopic (exact) mass is 441 g/mol. The molecule has 0 unspecified atom stereocenters. The van der Waals surface area contributed by atoms with Gasteiger partial charge < -0.3 is 9.80 Å². The Kier molecular flexibility index (Phi) is 5.83. The summed E-state index contributed by atoms with van der Waals surface area (Å²) in [7, 11) is 1.88. The van der Waals surface area contributed by atoms with Crippen molar-refractivity contribution in [2.24, 2.45) is 7.05 Å². The fourth-order valence-corrected chi connectivity index (χ4v) is 4.19. The Morgan fingerprint density at radius 1 is 1.03 bits per heavy atom. The van der Waals surface area contributed by atoms with Crippen LogP contribution in [0, 0.1) is 0 Å². The smallest absolute Gasteiger partial charge is 0.169 e. The topological polar surface area (TPSA) is 80.0 Å². The van der Waals surface area contributed by atoms with Gasteiger partial charge in [-0.1, -0.05) is 6.92 Å². The standard InChI is InChI=1S/C25H27N7O/c1-3-31-8-10-32(11-9-31)25-12-18(6-7-26-25)24(33)14-21-13-23-19(15-27-21)4-5-22(29-23)20-16-28-30(2)17-20/h4-7,12-13,15-17H,3,8-11,14H2,1-2H3. The van der Waals surface area contributed by atoms with Crippen LogP contribution in [0.5, 0.6) is 0 Å². The molecule has 0 bridgehead atoms. The number of hydrogen-bond donors (Lipinski definition) is 0. The van der Waals surface area contributed by atoms with Gasteiger partial charge in [-0.15, -0.1) is 0 Å². The molecule has 1 fully saturated rings. The number of carbonyl (C=O) groups is 1. The van der Waals surface area contributed by atoms with E-state index in [1.807, 2.05) is 37.5 Å². The highest BCUT2D eigenvalue weighted by Gasteiger charge is 2.18. The number of fused-ring (bicyclic) bond motifs is 1. The van der Waals surface area contributed by atoms with Crippen molar-refractivity contribution in [2.75, 3.05) is 37.6 Å². The fourth-order valence-electron chi connectivity index (χ4n) is 4.19. The average Bonchev–Trinajstić information content (AvgIpc) is 3.30. The van der Waals surface area contributed by atoms with Crippen LogP contribution in [0.3, 0.4) is 0 Å². The average molecular weight is 442 g/mol. The van der Waals surface area contributed by atoms with Crippen molar-refractivity contribution in [2.45, 2.75) is 13.3 Å². The number of Topliss-reactive ketones (excluding diaryl/α,β-unsaturated/α-hetero) is 1. The Hall–Kier alpha value is -3.65. The molecule has 0 aromatic carbocycles. The lowest BCUT2D eigenvalue weighted by atomic mass is 10.1. The van der Waals surface area contributed by atoms with E-state index in [1.165, 1.54) is 0 Å². The van der Waals surface area contributed by atoms with Crippen LogP contribution >= 0.6 is 0 Å². The Balaban J connectivity index is 1.33. The third-order valence-electron chi connectivity index (χ3n) is 6.18. The summed E-state index contributed by atoms with van der Waals surface area (Å²) >= 11 is 0. The number of nitrogens with zero attached hydrogens (tertiary/aromatic N) is 7. The summed E-state index contributed by atoms with van der Waals surface area (Å²) in [5.41, 5.74) is 3.99. The molecule has 1 aliphatic rings. The molecule has 8 nitrogen and oxygen atoms in total. The molecule has 5 heterocycles. The number of hydrogen-bond acceptors (Lipinski definition) is 7. The SMILES string of the molecule is CCN1CCN(c2cc(C(=O)Cc3cc4nc(-c5cnn(C)c5)ccc4cn3)ccn2)CC1. The van der Waals surface area contributed by atoms with Crippen LogP contribution in [0.15, 0.2) is 55.1 Å². The van der Waals surface area contributed by atoms with Gasteiger partial charge in [-0.3, -0.25) is 14.5 Å². The molecule has 168 valence electrons. The lowest BCUT2D eigenvalue weighted by molar-refractivity contribution is 0.0992. The molecule has 33 heavy (non-hydrogen) atoms. The molecule has 1 aliphatic heterocycles. The van der Waals surface area contributed by atoms with Crippen LogP contribution in [-0.4, -0.2) is 68.1 Å². The highest BCUT2D eigenvalue weighted by molar-refractivity contribution is 5.98. The van der Waals surface area contributed by atoms with Gasteiger partial charge in [0.25, 0.3) is 0 Å². The van der Waals surface area contributed by atoms with Crippen molar-refractivity contribution in [1.82, 2.24) is 29.6 Å². The number of anilines is 1. The van der Waals surface area contributed by atoms with Crippen molar-refractivity contribution in [1.29, 1.82) is 0 Å². The van der Waals surface area contributed by atoms with E-state index in [9.17, 15) is 4.79 Å². The van der Waals surface area contributed by atoms with E-state index in [2.05, 4.69) is 31.8 Å². The van der Waals surface area contributed by atoms with E-state index in [4.69, 9.17) is 4.98 Å². The van der Waals surface area contributed by atoms with Crippen LogP contribution < -0.4 is 4.90 Å². The number of likely N-dealkylation sites (N-methyl/N-ethyl adjacent to an activating group) is 1. The second-order valence-corrected chi connectivity index (χ2v) is 8.39. The maximum absolute atomic E-state index is 13.0. The molecule has 0 spiro atoms. The summed E-state index contributed by atoms with van der Waals surface area (Å²) in [6.07, 6.45) is 7.46. The fraction of sp³-hybridized carbons (Fsp3) is 0.320. The van der Waals surface area contributed by atoms with Crippen LogP contribution in [0.25, 0.3) is 22.2 Å². The maximum Gasteiger partial charge on any atom is 0.169 e. The minimum absolute atomic E-state index is 0.0288. The molecule has 0 saturated carbocycles. The maximum atomic E-state index is 13.0. The van der Waals surface area contributed by atoms with Crippen molar-refractivity contribution in [3.05, 3.63) is 66.4 Å². The second-order valence-electron chi connectivity index (χ2n) is 8.39. The van der Waals surface area contributed by atoms with E-state index in [0.717, 1.165) is 60.7 Å². The van der Waals surface area contributed by atoms with Gasteiger partial charge in [-0.05, 0) is 36.9 Å². The molecule has 4 aromatic rings. The summed E-state index contributed by atoms with van der Waals surface area (Å²) in [6, 6.07) is 9.55. The Morgan fingerprint density at radius 3 is 2.64 bits per heavy atom. The van der Waals surface area contributed by atoms with Crippen molar-refractivity contribution < 1.29 is 4.79 Å². The zero-order valence-corrected chi connectivity index (χ0v) is 19.0. The normalized spacial score (nSPS) is 14.7. The number of ketones is 1.